The summed E-state index contributed by atoms with van der Waals surface area (Å²) in [4.78, 5) is 0.952. The van der Waals surface area contributed by atoms with Crippen LogP contribution in [0.1, 0.15) is 10.4 Å². The molecule has 4 nitrogen and oxygen atoms in total. The summed E-state index contributed by atoms with van der Waals surface area (Å²) in [7, 11) is -1.99. The third kappa shape index (κ3) is 4.33. The van der Waals surface area contributed by atoms with Crippen LogP contribution in [0, 0.1) is 5.82 Å². The van der Waals surface area contributed by atoms with Gasteiger partial charge in [0.2, 0.25) is 10.0 Å². The van der Waals surface area contributed by atoms with Gasteiger partial charge in [0.1, 0.15) is 5.82 Å². The minimum atomic E-state index is -3.66. The minimum absolute atomic E-state index is 0.0600. The molecule has 1 heterocycles. The molecule has 2 rings (SSSR count). The van der Waals surface area contributed by atoms with Crippen molar-refractivity contribution >= 4 is 37.3 Å². The van der Waals surface area contributed by atoms with E-state index in [1.54, 1.807) is 7.05 Å². The van der Waals surface area contributed by atoms with E-state index in [4.69, 9.17) is 0 Å². The zero-order valence-corrected chi connectivity index (χ0v) is 14.4. The van der Waals surface area contributed by atoms with E-state index in [1.165, 1.54) is 29.5 Å². The zero-order chi connectivity index (χ0) is 15.5. The fourth-order valence-electron chi connectivity index (χ4n) is 1.74. The van der Waals surface area contributed by atoms with Gasteiger partial charge in [-0.15, -0.1) is 11.3 Å². The molecule has 0 aliphatic carbocycles. The molecule has 0 spiro atoms. The molecule has 0 fully saturated rings. The van der Waals surface area contributed by atoms with Crippen molar-refractivity contribution in [2.24, 2.45) is 0 Å². The lowest BCUT2D eigenvalue weighted by atomic mass is 10.2. The zero-order valence-electron chi connectivity index (χ0n) is 11.2. The van der Waals surface area contributed by atoms with Gasteiger partial charge in [0.25, 0.3) is 0 Å². The van der Waals surface area contributed by atoms with Crippen molar-refractivity contribution in [2.75, 3.05) is 7.05 Å². The van der Waals surface area contributed by atoms with E-state index in [0.29, 0.717) is 5.56 Å². The summed E-state index contributed by atoms with van der Waals surface area (Å²) < 4.78 is 41.4. The van der Waals surface area contributed by atoms with Crippen LogP contribution < -0.4 is 10.0 Å². The van der Waals surface area contributed by atoms with Crippen molar-refractivity contribution in [1.82, 2.24) is 10.0 Å². The maximum atomic E-state index is 13.5. The maximum Gasteiger partial charge on any atom is 0.240 e. The van der Waals surface area contributed by atoms with Crippen LogP contribution in [-0.4, -0.2) is 15.5 Å². The molecule has 0 amide bonds. The third-order valence-corrected chi connectivity index (χ3v) is 5.78. The molecule has 114 valence electrons. The van der Waals surface area contributed by atoms with Crippen LogP contribution in [0.4, 0.5) is 4.39 Å². The Balaban J connectivity index is 2.17. The van der Waals surface area contributed by atoms with Gasteiger partial charge in [-0.25, -0.2) is 17.5 Å². The van der Waals surface area contributed by atoms with Gasteiger partial charge in [-0.1, -0.05) is 0 Å². The molecule has 0 saturated carbocycles. The van der Waals surface area contributed by atoms with E-state index in [0.717, 1.165) is 8.66 Å². The highest BCUT2D eigenvalue weighted by Gasteiger charge is 2.16. The lowest BCUT2D eigenvalue weighted by Crippen LogP contribution is -2.23. The number of sulfonamides is 1. The lowest BCUT2D eigenvalue weighted by Gasteiger charge is -2.08. The maximum absolute atomic E-state index is 13.5. The second kappa shape index (κ2) is 6.97. The van der Waals surface area contributed by atoms with Gasteiger partial charge in [-0.3, -0.25) is 0 Å². The molecule has 21 heavy (non-hydrogen) atoms. The first-order valence-corrected chi connectivity index (χ1v) is 9.18. The van der Waals surface area contributed by atoms with E-state index in [9.17, 15) is 12.8 Å². The average Bonchev–Trinajstić information content (AvgIpc) is 2.85. The van der Waals surface area contributed by atoms with Gasteiger partial charge in [-0.05, 0) is 53.3 Å². The molecule has 0 unspecified atom stereocenters. The fraction of sp³-hybridized carbons (Fsp3) is 0.231. The molecule has 0 saturated heterocycles. The summed E-state index contributed by atoms with van der Waals surface area (Å²) in [5.74, 6) is -0.425. The second-order valence-electron chi connectivity index (χ2n) is 4.31. The summed E-state index contributed by atoms with van der Waals surface area (Å²) in [6.45, 7) is 0.477. The monoisotopic (exact) mass is 392 g/mol. The molecule has 0 aliphatic heterocycles. The molecule has 2 N–H and O–H groups in total. The predicted molar refractivity (Wildman–Crippen MR) is 85.2 cm³/mol. The Hall–Kier alpha value is -0.800. The Bertz CT molecular complexity index is 732. The smallest absolute Gasteiger partial charge is 0.240 e. The van der Waals surface area contributed by atoms with Gasteiger partial charge < -0.3 is 5.32 Å². The van der Waals surface area contributed by atoms with Crippen molar-refractivity contribution in [3.05, 3.63) is 50.4 Å². The largest absolute Gasteiger partial charge is 0.316 e. The summed E-state index contributed by atoms with van der Waals surface area (Å²) in [6, 6.07) is 7.48. The van der Waals surface area contributed by atoms with Crippen molar-refractivity contribution in [3.8, 4) is 0 Å². The summed E-state index contributed by atoms with van der Waals surface area (Å²) in [5, 5.41) is 2.81. The van der Waals surface area contributed by atoms with Gasteiger partial charge in [0.05, 0.1) is 8.68 Å². The number of nitrogens with one attached hydrogen (secondary N) is 2. The number of benzene rings is 1. The van der Waals surface area contributed by atoms with Crippen molar-refractivity contribution in [2.45, 2.75) is 18.0 Å². The molecule has 1 aromatic heterocycles. The highest BCUT2D eigenvalue weighted by Crippen LogP contribution is 2.22. The topological polar surface area (TPSA) is 58.2 Å². The van der Waals surface area contributed by atoms with Crippen molar-refractivity contribution < 1.29 is 12.8 Å². The molecule has 0 radical (unpaired) electrons. The van der Waals surface area contributed by atoms with Gasteiger partial charge in [0.15, 0.2) is 0 Å². The van der Waals surface area contributed by atoms with Crippen molar-refractivity contribution in [3.63, 3.8) is 0 Å². The molecule has 0 bridgehead atoms. The quantitative estimate of drug-likeness (QED) is 0.794. The molecule has 2 aromatic rings. The highest BCUT2D eigenvalue weighted by atomic mass is 79.9. The fourth-order valence-corrected chi connectivity index (χ4v) is 4.31. The summed E-state index contributed by atoms with van der Waals surface area (Å²) >= 11 is 4.78. The van der Waals surface area contributed by atoms with Gasteiger partial charge in [-0.2, -0.15) is 0 Å². The number of hydrogen-bond acceptors (Lipinski definition) is 4. The van der Waals surface area contributed by atoms with Crippen molar-refractivity contribution in [1.29, 1.82) is 0 Å². The van der Waals surface area contributed by atoms with Crippen LogP contribution >= 0.6 is 27.3 Å². The van der Waals surface area contributed by atoms with Crippen LogP contribution in [0.5, 0.6) is 0 Å². The first kappa shape index (κ1) is 16.6. The molecule has 0 aliphatic rings. The SMILES string of the molecule is CNCc1cc(S(=O)(=O)NCc2ccc(Br)s2)ccc1F. The number of rotatable bonds is 6. The van der Waals surface area contributed by atoms with Crippen LogP contribution in [0.15, 0.2) is 39.0 Å². The molecular formula is C13H14BrFN2O2S2. The highest BCUT2D eigenvalue weighted by molar-refractivity contribution is 9.11. The lowest BCUT2D eigenvalue weighted by molar-refractivity contribution is 0.578. The number of hydrogen-bond donors (Lipinski definition) is 2. The Morgan fingerprint density at radius 1 is 1.24 bits per heavy atom. The third-order valence-electron chi connectivity index (χ3n) is 2.76. The van der Waals surface area contributed by atoms with Crippen LogP contribution in [-0.2, 0) is 23.1 Å². The van der Waals surface area contributed by atoms with Crippen LogP contribution in [0.3, 0.4) is 0 Å². The normalized spacial score (nSPS) is 11.8. The Morgan fingerprint density at radius 2 is 2.00 bits per heavy atom. The van der Waals surface area contributed by atoms with Crippen LogP contribution in [0.2, 0.25) is 0 Å². The van der Waals surface area contributed by atoms with E-state index < -0.39 is 15.8 Å². The first-order valence-electron chi connectivity index (χ1n) is 6.09. The standard InChI is InChI=1S/C13H14BrFN2O2S2/c1-16-7-9-6-11(3-4-12(9)15)21(18,19)17-8-10-2-5-13(14)20-10/h2-6,16-17H,7-8H2,1H3. The minimum Gasteiger partial charge on any atom is -0.316 e. The second-order valence-corrected chi connectivity index (χ2v) is 8.63. The summed E-state index contributed by atoms with van der Waals surface area (Å²) in [6.07, 6.45) is 0. The molecular weight excluding hydrogens is 379 g/mol. The number of thiophene rings is 1. The van der Waals surface area contributed by atoms with Crippen LogP contribution in [0.25, 0.3) is 0 Å². The summed E-state index contributed by atoms with van der Waals surface area (Å²) in [5.41, 5.74) is 0.319. The van der Waals surface area contributed by atoms with E-state index in [1.807, 2.05) is 12.1 Å². The van der Waals surface area contributed by atoms with E-state index >= 15 is 0 Å². The Morgan fingerprint density at radius 3 is 2.62 bits per heavy atom. The average molecular weight is 393 g/mol. The molecule has 8 heteroatoms. The Kier molecular flexibility index (Phi) is 5.50. The van der Waals surface area contributed by atoms with Gasteiger partial charge >= 0.3 is 0 Å². The molecule has 0 atom stereocenters. The number of halogens is 2. The Labute approximate surface area is 135 Å². The van der Waals surface area contributed by atoms with E-state index in [2.05, 4.69) is 26.0 Å². The van der Waals surface area contributed by atoms with Gasteiger partial charge in [0, 0.05) is 23.5 Å². The predicted octanol–water partition coefficient (Wildman–Crippen LogP) is 2.85. The first-order chi connectivity index (χ1) is 9.92. The molecule has 1 aromatic carbocycles. The van der Waals surface area contributed by atoms with E-state index in [-0.39, 0.29) is 18.0 Å².